The second-order valence-corrected chi connectivity index (χ2v) is 7.23. The minimum atomic E-state index is 0.377. The van der Waals surface area contributed by atoms with Gasteiger partial charge in [0.05, 0.1) is 0 Å². The molecular formula is C18H30N2. The molecule has 1 aliphatic rings. The van der Waals surface area contributed by atoms with Crippen molar-refractivity contribution < 1.29 is 0 Å². The van der Waals surface area contributed by atoms with Gasteiger partial charge in [-0.05, 0) is 57.2 Å². The van der Waals surface area contributed by atoms with Gasteiger partial charge in [0.2, 0.25) is 0 Å². The zero-order valence-electron chi connectivity index (χ0n) is 13.6. The summed E-state index contributed by atoms with van der Waals surface area (Å²) in [7, 11) is 0. The predicted octanol–water partition coefficient (Wildman–Crippen LogP) is 3.82. The first-order valence-electron chi connectivity index (χ1n) is 7.93. The molecule has 0 radical (unpaired) electrons. The van der Waals surface area contributed by atoms with Crippen LogP contribution in [0.3, 0.4) is 0 Å². The zero-order valence-corrected chi connectivity index (χ0v) is 13.6. The Hall–Kier alpha value is -0.860. The molecule has 2 N–H and O–H groups in total. The van der Waals surface area contributed by atoms with Gasteiger partial charge in [0.25, 0.3) is 0 Å². The zero-order chi connectivity index (χ0) is 14.8. The topological polar surface area (TPSA) is 29.3 Å². The van der Waals surface area contributed by atoms with Crippen molar-refractivity contribution in [2.75, 3.05) is 19.6 Å². The van der Waals surface area contributed by atoms with Gasteiger partial charge in [-0.1, -0.05) is 43.2 Å². The standard InChI is InChI=1S/C18H30N2/c1-14-10-15(2)12-16(11-14)17(13-19)20-8-5-6-18(3,4)7-9-20/h10-12,17H,5-9,13,19H2,1-4H3. The summed E-state index contributed by atoms with van der Waals surface area (Å²) in [5.74, 6) is 0. The number of aryl methyl sites for hydroxylation is 2. The van der Waals surface area contributed by atoms with Gasteiger partial charge in [-0.3, -0.25) is 4.90 Å². The molecule has 1 atom stereocenters. The van der Waals surface area contributed by atoms with E-state index in [1.807, 2.05) is 0 Å². The highest BCUT2D eigenvalue weighted by molar-refractivity contribution is 5.31. The summed E-state index contributed by atoms with van der Waals surface area (Å²) in [5, 5.41) is 0. The smallest absolute Gasteiger partial charge is 0.0470 e. The highest BCUT2D eigenvalue weighted by atomic mass is 15.2. The maximum Gasteiger partial charge on any atom is 0.0470 e. The van der Waals surface area contributed by atoms with Crippen LogP contribution in [0.1, 0.15) is 55.8 Å². The molecule has 2 rings (SSSR count). The van der Waals surface area contributed by atoms with E-state index in [2.05, 4.69) is 50.8 Å². The lowest BCUT2D eigenvalue weighted by Gasteiger charge is -2.31. The van der Waals surface area contributed by atoms with Crippen LogP contribution in [0.5, 0.6) is 0 Å². The SMILES string of the molecule is Cc1cc(C)cc(C(CN)N2CCCC(C)(C)CC2)c1. The Morgan fingerprint density at radius 2 is 1.75 bits per heavy atom. The molecule has 0 aromatic heterocycles. The second-order valence-electron chi connectivity index (χ2n) is 7.23. The van der Waals surface area contributed by atoms with Crippen LogP contribution in [0.15, 0.2) is 18.2 Å². The molecule has 1 unspecified atom stereocenters. The molecule has 0 saturated carbocycles. The van der Waals surface area contributed by atoms with Crippen LogP contribution in [-0.4, -0.2) is 24.5 Å². The van der Waals surface area contributed by atoms with E-state index in [9.17, 15) is 0 Å². The highest BCUT2D eigenvalue weighted by Crippen LogP contribution is 2.33. The Labute approximate surface area is 124 Å². The monoisotopic (exact) mass is 274 g/mol. The summed E-state index contributed by atoms with van der Waals surface area (Å²) >= 11 is 0. The average Bonchev–Trinajstić information content (AvgIpc) is 2.51. The number of hydrogen-bond acceptors (Lipinski definition) is 2. The van der Waals surface area contributed by atoms with Gasteiger partial charge in [-0.15, -0.1) is 0 Å². The van der Waals surface area contributed by atoms with Crippen molar-refractivity contribution in [3.63, 3.8) is 0 Å². The van der Waals surface area contributed by atoms with Crippen LogP contribution in [0.2, 0.25) is 0 Å². The maximum absolute atomic E-state index is 6.11. The van der Waals surface area contributed by atoms with Crippen molar-refractivity contribution in [1.29, 1.82) is 0 Å². The first kappa shape index (κ1) is 15.5. The van der Waals surface area contributed by atoms with Gasteiger partial charge in [-0.25, -0.2) is 0 Å². The summed E-state index contributed by atoms with van der Waals surface area (Å²) < 4.78 is 0. The Bertz CT molecular complexity index is 430. The molecule has 0 spiro atoms. The van der Waals surface area contributed by atoms with Crippen molar-refractivity contribution in [2.45, 2.75) is 53.0 Å². The first-order valence-corrected chi connectivity index (χ1v) is 7.93. The lowest BCUT2D eigenvalue weighted by atomic mass is 9.85. The van der Waals surface area contributed by atoms with Crippen molar-refractivity contribution in [2.24, 2.45) is 11.1 Å². The molecule has 0 bridgehead atoms. The molecule has 1 saturated heterocycles. The minimum absolute atomic E-state index is 0.377. The molecule has 0 aliphatic carbocycles. The summed E-state index contributed by atoms with van der Waals surface area (Å²) in [6.07, 6.45) is 3.89. The molecule has 20 heavy (non-hydrogen) atoms. The number of rotatable bonds is 3. The lowest BCUT2D eigenvalue weighted by Crippen LogP contribution is -2.35. The van der Waals surface area contributed by atoms with Crippen LogP contribution in [0.4, 0.5) is 0 Å². The third kappa shape index (κ3) is 3.83. The number of nitrogens with two attached hydrogens (primary N) is 1. The van der Waals surface area contributed by atoms with Gasteiger partial charge in [-0.2, -0.15) is 0 Å². The second kappa shape index (κ2) is 6.28. The average molecular weight is 274 g/mol. The van der Waals surface area contributed by atoms with Crippen LogP contribution < -0.4 is 5.73 Å². The molecular weight excluding hydrogens is 244 g/mol. The molecule has 0 amide bonds. The summed E-state index contributed by atoms with van der Waals surface area (Å²) in [6, 6.07) is 7.23. The number of nitrogens with zero attached hydrogens (tertiary/aromatic N) is 1. The van der Waals surface area contributed by atoms with E-state index in [0.717, 1.165) is 0 Å². The lowest BCUT2D eigenvalue weighted by molar-refractivity contribution is 0.200. The highest BCUT2D eigenvalue weighted by Gasteiger charge is 2.27. The fourth-order valence-electron chi connectivity index (χ4n) is 3.45. The molecule has 1 aromatic carbocycles. The van der Waals surface area contributed by atoms with Crippen molar-refractivity contribution in [3.8, 4) is 0 Å². The molecule has 1 aliphatic heterocycles. The summed E-state index contributed by atoms with van der Waals surface area (Å²) in [6.45, 7) is 12.2. The van der Waals surface area contributed by atoms with E-state index < -0.39 is 0 Å². The molecule has 112 valence electrons. The molecule has 2 heteroatoms. The Kier molecular flexibility index (Phi) is 4.87. The normalized spacial score (nSPS) is 21.4. The van der Waals surface area contributed by atoms with Crippen LogP contribution in [0, 0.1) is 19.3 Å². The molecule has 1 heterocycles. The van der Waals surface area contributed by atoms with Gasteiger partial charge >= 0.3 is 0 Å². The van der Waals surface area contributed by atoms with E-state index in [1.54, 1.807) is 0 Å². The third-order valence-corrected chi connectivity index (χ3v) is 4.67. The third-order valence-electron chi connectivity index (χ3n) is 4.67. The fraction of sp³-hybridized carbons (Fsp3) is 0.667. The number of hydrogen-bond donors (Lipinski definition) is 1. The van der Waals surface area contributed by atoms with Gasteiger partial charge in [0, 0.05) is 12.6 Å². The Morgan fingerprint density at radius 3 is 2.35 bits per heavy atom. The van der Waals surface area contributed by atoms with E-state index >= 15 is 0 Å². The van der Waals surface area contributed by atoms with Crippen LogP contribution in [-0.2, 0) is 0 Å². The Morgan fingerprint density at radius 1 is 1.10 bits per heavy atom. The number of benzene rings is 1. The summed E-state index contributed by atoms with van der Waals surface area (Å²) in [4.78, 5) is 2.60. The maximum atomic E-state index is 6.11. The van der Waals surface area contributed by atoms with Crippen molar-refractivity contribution >= 4 is 0 Å². The van der Waals surface area contributed by atoms with E-state index in [4.69, 9.17) is 5.73 Å². The Balaban J connectivity index is 2.19. The van der Waals surface area contributed by atoms with Crippen molar-refractivity contribution in [1.82, 2.24) is 4.90 Å². The molecule has 1 aromatic rings. The minimum Gasteiger partial charge on any atom is -0.329 e. The van der Waals surface area contributed by atoms with E-state index in [1.165, 1.54) is 49.0 Å². The fourth-order valence-corrected chi connectivity index (χ4v) is 3.45. The van der Waals surface area contributed by atoms with E-state index in [-0.39, 0.29) is 0 Å². The number of likely N-dealkylation sites (tertiary alicyclic amines) is 1. The first-order chi connectivity index (χ1) is 9.41. The predicted molar refractivity (Wildman–Crippen MR) is 86.9 cm³/mol. The summed E-state index contributed by atoms with van der Waals surface area (Å²) in [5.41, 5.74) is 10.7. The van der Waals surface area contributed by atoms with Gasteiger partial charge in [0.1, 0.15) is 0 Å². The van der Waals surface area contributed by atoms with E-state index in [0.29, 0.717) is 18.0 Å². The quantitative estimate of drug-likeness (QED) is 0.908. The van der Waals surface area contributed by atoms with Crippen molar-refractivity contribution in [3.05, 3.63) is 34.9 Å². The van der Waals surface area contributed by atoms with Gasteiger partial charge in [0.15, 0.2) is 0 Å². The van der Waals surface area contributed by atoms with Crippen LogP contribution >= 0.6 is 0 Å². The van der Waals surface area contributed by atoms with Crippen LogP contribution in [0.25, 0.3) is 0 Å². The largest absolute Gasteiger partial charge is 0.329 e. The van der Waals surface area contributed by atoms with Gasteiger partial charge < -0.3 is 5.73 Å². The molecule has 1 fully saturated rings. The molecule has 2 nitrogen and oxygen atoms in total.